The summed E-state index contributed by atoms with van der Waals surface area (Å²) in [5.41, 5.74) is 0. The summed E-state index contributed by atoms with van der Waals surface area (Å²) >= 11 is 0. The fourth-order valence-corrected chi connectivity index (χ4v) is 3.48. The quantitative estimate of drug-likeness (QED) is 0.334. The van der Waals surface area contributed by atoms with Gasteiger partial charge in [-0.3, -0.25) is 4.55 Å². The lowest BCUT2D eigenvalue weighted by molar-refractivity contribution is -0.162. The normalized spacial score (nSPS) is 22.7. The van der Waals surface area contributed by atoms with Gasteiger partial charge in [-0.25, -0.2) is 4.79 Å². The van der Waals surface area contributed by atoms with E-state index in [4.69, 9.17) is 18.8 Å². The molecule has 1 aliphatic heterocycles. The number of amides is 1. The Morgan fingerprint density at radius 3 is 2.52 bits per heavy atom. The van der Waals surface area contributed by atoms with Crippen molar-refractivity contribution in [3.63, 3.8) is 0 Å². The lowest BCUT2D eigenvalue weighted by Gasteiger charge is -2.23. The second kappa shape index (κ2) is 12.5. The molecule has 160 valence electrons. The van der Waals surface area contributed by atoms with Crippen LogP contribution in [0, 0.1) is 0 Å². The molecule has 0 radical (unpaired) electrons. The van der Waals surface area contributed by atoms with E-state index in [-0.39, 0.29) is 25.7 Å². The number of hydrogen-bond donors (Lipinski definition) is 2. The molecule has 1 amide bonds. The number of carbonyl (C=O) groups excluding carboxylic acids is 1. The molecule has 1 rings (SSSR count). The van der Waals surface area contributed by atoms with Gasteiger partial charge in [0.2, 0.25) is 0 Å². The van der Waals surface area contributed by atoms with E-state index in [0.717, 1.165) is 12.8 Å². The summed E-state index contributed by atoms with van der Waals surface area (Å²) in [4.78, 5) is 11.6. The van der Waals surface area contributed by atoms with Gasteiger partial charge in [0.05, 0.1) is 12.4 Å². The summed E-state index contributed by atoms with van der Waals surface area (Å²) in [5.74, 6) is -1.02. The third kappa shape index (κ3) is 12.2. The molecule has 1 aliphatic rings. The minimum Gasteiger partial charge on any atom is -0.447 e. The van der Waals surface area contributed by atoms with Crippen LogP contribution < -0.4 is 5.32 Å². The van der Waals surface area contributed by atoms with Gasteiger partial charge in [0.15, 0.2) is 5.79 Å². The Bertz CT molecular complexity index is 526. The van der Waals surface area contributed by atoms with Gasteiger partial charge in [0.25, 0.3) is 10.1 Å². The van der Waals surface area contributed by atoms with Gasteiger partial charge in [0, 0.05) is 13.0 Å². The Morgan fingerprint density at radius 1 is 1.19 bits per heavy atom. The molecule has 1 heterocycles. The molecular formula is C18H35NO7S. The molecule has 2 atom stereocenters. The molecule has 0 aromatic carbocycles. The molecule has 27 heavy (non-hydrogen) atoms. The van der Waals surface area contributed by atoms with Crippen LogP contribution in [0.3, 0.4) is 0 Å². The highest BCUT2D eigenvalue weighted by Gasteiger charge is 2.37. The maximum absolute atomic E-state index is 11.6. The summed E-state index contributed by atoms with van der Waals surface area (Å²) in [7, 11) is -4.01. The lowest BCUT2D eigenvalue weighted by atomic mass is 10.1. The summed E-state index contributed by atoms with van der Waals surface area (Å²) in [6.07, 6.45) is 8.58. The highest BCUT2D eigenvalue weighted by Crippen LogP contribution is 2.29. The number of hydrogen-bond acceptors (Lipinski definition) is 6. The number of rotatable bonds is 14. The van der Waals surface area contributed by atoms with Gasteiger partial charge >= 0.3 is 6.09 Å². The van der Waals surface area contributed by atoms with E-state index < -0.39 is 27.8 Å². The molecule has 8 nitrogen and oxygen atoms in total. The first-order valence-electron chi connectivity index (χ1n) is 9.91. The molecule has 2 unspecified atom stereocenters. The van der Waals surface area contributed by atoms with Crippen LogP contribution in [-0.2, 0) is 24.3 Å². The second-order valence-electron chi connectivity index (χ2n) is 7.22. The summed E-state index contributed by atoms with van der Waals surface area (Å²) in [5, 5.41) is 2.43. The molecular weight excluding hydrogens is 374 g/mol. The van der Waals surface area contributed by atoms with Crippen molar-refractivity contribution in [3.05, 3.63) is 0 Å². The first-order chi connectivity index (χ1) is 12.7. The number of nitrogens with one attached hydrogen (secondary N) is 1. The third-order valence-electron chi connectivity index (χ3n) is 4.47. The second-order valence-corrected chi connectivity index (χ2v) is 8.79. The van der Waals surface area contributed by atoms with E-state index in [9.17, 15) is 13.2 Å². The Balaban J connectivity index is 2.09. The molecule has 1 saturated heterocycles. The zero-order valence-corrected chi connectivity index (χ0v) is 17.4. The zero-order chi connectivity index (χ0) is 20.2. The standard InChI is InChI=1S/C18H35NO7S/c1-3-4-5-6-7-8-9-11-18(2)25-15-16(26-18)14-24-17(20)19-12-10-13-27(21,22)23/h16H,3-15H2,1-2H3,(H,19,20)(H,21,22,23). The molecule has 1 fully saturated rings. The van der Waals surface area contributed by atoms with Gasteiger partial charge in [-0.05, 0) is 19.8 Å². The van der Waals surface area contributed by atoms with Gasteiger partial charge < -0.3 is 19.5 Å². The first kappa shape index (κ1) is 24.1. The predicted molar refractivity (Wildman–Crippen MR) is 102 cm³/mol. The molecule has 0 aromatic rings. The highest BCUT2D eigenvalue weighted by molar-refractivity contribution is 7.85. The van der Waals surface area contributed by atoms with Crippen LogP contribution in [0.2, 0.25) is 0 Å². The fraction of sp³-hybridized carbons (Fsp3) is 0.944. The Hall–Kier alpha value is -0.900. The van der Waals surface area contributed by atoms with Crippen molar-refractivity contribution in [3.8, 4) is 0 Å². The monoisotopic (exact) mass is 409 g/mol. The van der Waals surface area contributed by atoms with Crippen LogP contribution in [0.4, 0.5) is 4.79 Å². The average molecular weight is 410 g/mol. The summed E-state index contributed by atoms with van der Waals surface area (Å²) in [6, 6.07) is 0. The van der Waals surface area contributed by atoms with Crippen molar-refractivity contribution in [2.24, 2.45) is 0 Å². The van der Waals surface area contributed by atoms with Crippen molar-refractivity contribution in [1.82, 2.24) is 5.32 Å². The maximum Gasteiger partial charge on any atom is 0.407 e. The van der Waals surface area contributed by atoms with E-state index in [1.165, 1.54) is 38.5 Å². The van der Waals surface area contributed by atoms with Crippen LogP contribution >= 0.6 is 0 Å². The molecule has 0 aliphatic carbocycles. The summed E-state index contributed by atoms with van der Waals surface area (Å²) < 4.78 is 46.4. The first-order valence-corrected chi connectivity index (χ1v) is 11.5. The van der Waals surface area contributed by atoms with Crippen LogP contribution in [0.25, 0.3) is 0 Å². The molecule has 0 bridgehead atoms. The predicted octanol–water partition coefficient (Wildman–Crippen LogP) is 3.26. The Morgan fingerprint density at radius 2 is 1.85 bits per heavy atom. The topological polar surface area (TPSA) is 111 Å². The van der Waals surface area contributed by atoms with Gasteiger partial charge in [-0.1, -0.05) is 45.4 Å². The molecule has 0 saturated carbocycles. The van der Waals surface area contributed by atoms with E-state index in [1.807, 2.05) is 6.92 Å². The average Bonchev–Trinajstić information content (AvgIpc) is 2.97. The molecule has 0 spiro atoms. The number of ether oxygens (including phenoxy) is 3. The van der Waals surface area contributed by atoms with Crippen LogP contribution in [-0.4, -0.2) is 56.5 Å². The van der Waals surface area contributed by atoms with Crippen molar-refractivity contribution in [2.75, 3.05) is 25.5 Å². The lowest BCUT2D eigenvalue weighted by Crippen LogP contribution is -2.31. The van der Waals surface area contributed by atoms with Crippen molar-refractivity contribution in [2.45, 2.75) is 83.5 Å². The van der Waals surface area contributed by atoms with E-state index in [1.54, 1.807) is 0 Å². The molecule has 9 heteroatoms. The SMILES string of the molecule is CCCCCCCCCC1(C)OCC(COC(=O)NCCCS(=O)(=O)O)O1. The fourth-order valence-electron chi connectivity index (χ4n) is 2.97. The Kier molecular flexibility index (Phi) is 11.2. The maximum atomic E-state index is 11.6. The van der Waals surface area contributed by atoms with Crippen LogP contribution in [0.15, 0.2) is 0 Å². The third-order valence-corrected chi connectivity index (χ3v) is 5.28. The van der Waals surface area contributed by atoms with Crippen molar-refractivity contribution in [1.29, 1.82) is 0 Å². The van der Waals surface area contributed by atoms with E-state index in [0.29, 0.717) is 6.61 Å². The van der Waals surface area contributed by atoms with E-state index >= 15 is 0 Å². The van der Waals surface area contributed by atoms with Gasteiger partial charge in [-0.2, -0.15) is 8.42 Å². The highest BCUT2D eigenvalue weighted by atomic mass is 32.2. The van der Waals surface area contributed by atoms with Crippen LogP contribution in [0.5, 0.6) is 0 Å². The minimum absolute atomic E-state index is 0.0801. The summed E-state index contributed by atoms with van der Waals surface area (Å²) in [6.45, 7) is 4.69. The smallest absolute Gasteiger partial charge is 0.407 e. The minimum atomic E-state index is -4.01. The van der Waals surface area contributed by atoms with Crippen molar-refractivity contribution < 1.29 is 32.0 Å². The molecule has 0 aromatic heterocycles. The number of alkyl carbamates (subject to hydrolysis) is 1. The van der Waals surface area contributed by atoms with Crippen molar-refractivity contribution >= 4 is 16.2 Å². The molecule has 2 N–H and O–H groups in total. The van der Waals surface area contributed by atoms with Crippen LogP contribution in [0.1, 0.15) is 71.6 Å². The van der Waals surface area contributed by atoms with Gasteiger partial charge in [0.1, 0.15) is 12.7 Å². The van der Waals surface area contributed by atoms with E-state index in [2.05, 4.69) is 12.2 Å². The number of unbranched alkanes of at least 4 members (excludes halogenated alkanes) is 6. The van der Waals surface area contributed by atoms with Gasteiger partial charge in [-0.15, -0.1) is 0 Å². The zero-order valence-electron chi connectivity index (χ0n) is 16.6. The Labute approximate surface area is 163 Å². The number of carbonyl (C=O) groups is 1. The largest absolute Gasteiger partial charge is 0.447 e.